The van der Waals surface area contributed by atoms with Crippen molar-refractivity contribution in [1.29, 1.82) is 0 Å². The van der Waals surface area contributed by atoms with Crippen LogP contribution in [0.2, 0.25) is 0 Å². The molecule has 0 aliphatic carbocycles. The van der Waals surface area contributed by atoms with Crippen LogP contribution in [0.3, 0.4) is 0 Å². The summed E-state index contributed by atoms with van der Waals surface area (Å²) in [6.07, 6.45) is 3.34. The van der Waals surface area contributed by atoms with Crippen LogP contribution in [0.25, 0.3) is 11.0 Å². The van der Waals surface area contributed by atoms with Gasteiger partial charge >= 0.3 is 0 Å². The summed E-state index contributed by atoms with van der Waals surface area (Å²) in [5.41, 5.74) is 2.60. The van der Waals surface area contributed by atoms with E-state index in [0.717, 1.165) is 40.0 Å². The summed E-state index contributed by atoms with van der Waals surface area (Å²) in [7, 11) is 0.394. The minimum atomic E-state index is -1.28. The number of hydrogen-bond donors (Lipinski definition) is 3. The van der Waals surface area contributed by atoms with E-state index in [-0.39, 0.29) is 0 Å². The normalized spacial score (nSPS) is 15.9. The summed E-state index contributed by atoms with van der Waals surface area (Å²) >= 11 is 3.54. The van der Waals surface area contributed by atoms with Crippen molar-refractivity contribution in [3.63, 3.8) is 0 Å². The number of morpholine rings is 1. The van der Waals surface area contributed by atoms with Crippen LogP contribution in [0.5, 0.6) is 0 Å². The molecule has 0 bridgehead atoms. The second-order valence-corrected chi connectivity index (χ2v) is 8.23. The molecule has 3 aromatic rings. The third kappa shape index (κ3) is 3.70. The molecular weight excluding hydrogens is 432 g/mol. The summed E-state index contributed by atoms with van der Waals surface area (Å²) in [5, 5.41) is 4.28. The summed E-state index contributed by atoms with van der Waals surface area (Å²) < 4.78 is 21.4. The van der Waals surface area contributed by atoms with Gasteiger partial charge in [-0.2, -0.15) is 0 Å². The average Bonchev–Trinajstić information content (AvgIpc) is 3.10. The first-order chi connectivity index (χ1) is 13.2. The van der Waals surface area contributed by atoms with Gasteiger partial charge in [0, 0.05) is 23.8 Å². The Morgan fingerprint density at radius 1 is 1.30 bits per heavy atom. The zero-order chi connectivity index (χ0) is 18.8. The van der Waals surface area contributed by atoms with Gasteiger partial charge in [0.25, 0.3) is 0 Å². The van der Waals surface area contributed by atoms with Gasteiger partial charge in [0.05, 0.1) is 34.9 Å². The van der Waals surface area contributed by atoms with Crippen molar-refractivity contribution in [3.05, 3.63) is 35.2 Å². The molecule has 1 fully saturated rings. The lowest BCUT2D eigenvalue weighted by Gasteiger charge is -2.31. The number of rotatable bonds is 5. The number of aromatic nitrogens is 3. The van der Waals surface area contributed by atoms with Crippen LogP contribution in [0, 0.1) is 0 Å². The Labute approximate surface area is 167 Å². The van der Waals surface area contributed by atoms with Crippen molar-refractivity contribution >= 4 is 55.1 Å². The van der Waals surface area contributed by atoms with Gasteiger partial charge in [0.15, 0.2) is 0 Å². The van der Waals surface area contributed by atoms with E-state index in [1.54, 1.807) is 7.05 Å². The van der Waals surface area contributed by atoms with Crippen molar-refractivity contribution < 1.29 is 8.95 Å². The summed E-state index contributed by atoms with van der Waals surface area (Å²) in [6.45, 7) is 2.97. The SMILES string of the molecule is CNS(=O)c1ccc(N2CCOCC2)c(Nc2ncnc3[nH]cc(Br)c23)c1. The third-order valence-corrected chi connectivity index (χ3v) is 6.07. The van der Waals surface area contributed by atoms with E-state index in [0.29, 0.717) is 23.9 Å². The number of hydrogen-bond acceptors (Lipinski definition) is 6. The maximum Gasteiger partial charge on any atom is 0.144 e. The third-order valence-electron chi connectivity index (χ3n) is 4.39. The lowest BCUT2D eigenvalue weighted by molar-refractivity contribution is 0.123. The lowest BCUT2D eigenvalue weighted by Crippen LogP contribution is -2.36. The molecule has 1 atom stereocenters. The Morgan fingerprint density at radius 2 is 2.11 bits per heavy atom. The first-order valence-electron chi connectivity index (χ1n) is 8.48. The van der Waals surface area contributed by atoms with Crippen LogP contribution in [-0.4, -0.2) is 52.5 Å². The van der Waals surface area contributed by atoms with Crippen molar-refractivity contribution in [2.75, 3.05) is 43.6 Å². The van der Waals surface area contributed by atoms with E-state index in [4.69, 9.17) is 4.74 Å². The number of anilines is 3. The number of benzene rings is 1. The number of fused-ring (bicyclic) bond motifs is 1. The summed E-state index contributed by atoms with van der Waals surface area (Å²) in [5.74, 6) is 0.676. The molecule has 10 heteroatoms. The molecule has 2 aromatic heterocycles. The van der Waals surface area contributed by atoms with Gasteiger partial charge in [0.1, 0.15) is 28.8 Å². The highest BCUT2D eigenvalue weighted by Crippen LogP contribution is 2.34. The van der Waals surface area contributed by atoms with E-state index >= 15 is 0 Å². The molecular formula is C17H19BrN6O2S. The quantitative estimate of drug-likeness (QED) is 0.552. The predicted octanol–water partition coefficient (Wildman–Crippen LogP) is 2.54. The predicted molar refractivity (Wildman–Crippen MR) is 110 cm³/mol. The van der Waals surface area contributed by atoms with Crippen molar-refractivity contribution in [3.8, 4) is 0 Å². The van der Waals surface area contributed by atoms with E-state index in [2.05, 4.69) is 45.8 Å². The van der Waals surface area contributed by atoms with Gasteiger partial charge in [-0.15, -0.1) is 0 Å². The number of nitrogens with zero attached hydrogens (tertiary/aromatic N) is 3. The van der Waals surface area contributed by atoms with Gasteiger partial charge in [-0.1, -0.05) is 0 Å². The molecule has 1 aromatic carbocycles. The van der Waals surface area contributed by atoms with E-state index < -0.39 is 11.0 Å². The maximum atomic E-state index is 12.2. The highest BCUT2D eigenvalue weighted by molar-refractivity contribution is 9.10. The zero-order valence-electron chi connectivity index (χ0n) is 14.7. The molecule has 142 valence electrons. The van der Waals surface area contributed by atoms with Crippen molar-refractivity contribution in [1.82, 2.24) is 19.7 Å². The van der Waals surface area contributed by atoms with Crippen molar-refractivity contribution in [2.24, 2.45) is 0 Å². The average molecular weight is 451 g/mol. The highest BCUT2D eigenvalue weighted by atomic mass is 79.9. The molecule has 3 N–H and O–H groups in total. The number of H-pyrrole nitrogens is 1. The first kappa shape index (κ1) is 18.4. The van der Waals surface area contributed by atoms with Gasteiger partial charge in [-0.05, 0) is 41.2 Å². The lowest BCUT2D eigenvalue weighted by atomic mass is 10.2. The molecule has 0 spiro atoms. The Morgan fingerprint density at radius 3 is 2.89 bits per heavy atom. The number of halogens is 1. The summed E-state index contributed by atoms with van der Waals surface area (Å²) in [6, 6.07) is 5.76. The molecule has 0 saturated carbocycles. The molecule has 0 radical (unpaired) electrons. The fourth-order valence-corrected chi connectivity index (χ4v) is 4.22. The molecule has 3 heterocycles. The van der Waals surface area contributed by atoms with Crippen LogP contribution in [0.15, 0.2) is 40.1 Å². The highest BCUT2D eigenvalue weighted by Gasteiger charge is 2.18. The summed E-state index contributed by atoms with van der Waals surface area (Å²) in [4.78, 5) is 14.7. The van der Waals surface area contributed by atoms with Crippen LogP contribution in [0.4, 0.5) is 17.2 Å². The first-order valence-corrected chi connectivity index (χ1v) is 10.4. The largest absolute Gasteiger partial charge is 0.378 e. The fourth-order valence-electron chi connectivity index (χ4n) is 3.08. The molecule has 1 aliphatic rings. The van der Waals surface area contributed by atoms with Gasteiger partial charge < -0.3 is 19.9 Å². The van der Waals surface area contributed by atoms with Gasteiger partial charge in [-0.25, -0.2) is 18.9 Å². The van der Waals surface area contributed by atoms with Gasteiger partial charge in [-0.3, -0.25) is 0 Å². The van der Waals surface area contributed by atoms with Crippen molar-refractivity contribution in [2.45, 2.75) is 4.90 Å². The van der Waals surface area contributed by atoms with Crippen LogP contribution >= 0.6 is 15.9 Å². The minimum absolute atomic E-state index is 0.676. The van der Waals surface area contributed by atoms with Gasteiger partial charge in [0.2, 0.25) is 0 Å². The maximum absolute atomic E-state index is 12.2. The Hall–Kier alpha value is -2.01. The van der Waals surface area contributed by atoms with Crippen LogP contribution in [0.1, 0.15) is 0 Å². The zero-order valence-corrected chi connectivity index (χ0v) is 17.1. The molecule has 27 heavy (non-hydrogen) atoms. The minimum Gasteiger partial charge on any atom is -0.378 e. The number of ether oxygens (including phenoxy) is 1. The smallest absolute Gasteiger partial charge is 0.144 e. The Kier molecular flexibility index (Phi) is 5.39. The second kappa shape index (κ2) is 7.93. The molecule has 8 nitrogen and oxygen atoms in total. The molecule has 1 saturated heterocycles. The molecule has 4 rings (SSSR count). The van der Waals surface area contributed by atoms with E-state index in [1.165, 1.54) is 6.33 Å². The fraction of sp³-hybridized carbons (Fsp3) is 0.294. The van der Waals surface area contributed by atoms with Crippen LogP contribution in [-0.2, 0) is 15.7 Å². The molecule has 1 aliphatic heterocycles. The standard InChI is InChI=1S/C17H19BrN6O2S/c1-19-27(25)11-2-3-14(24-4-6-26-7-5-24)13(8-11)23-17-15-12(18)9-20-16(15)21-10-22-17/h2-3,8-10,19H,4-7H2,1H3,(H2,20,21,22,23). The Bertz CT molecular complexity index is 989. The Balaban J connectivity index is 1.78. The van der Waals surface area contributed by atoms with E-state index in [1.807, 2.05) is 24.4 Å². The topological polar surface area (TPSA) is 95.2 Å². The van der Waals surface area contributed by atoms with E-state index in [9.17, 15) is 4.21 Å². The number of aromatic amines is 1. The monoisotopic (exact) mass is 450 g/mol. The second-order valence-electron chi connectivity index (χ2n) is 5.96. The molecule has 0 amide bonds. The van der Waals surface area contributed by atoms with Crippen LogP contribution < -0.4 is 14.9 Å². The number of nitrogens with one attached hydrogen (secondary N) is 3. The molecule has 1 unspecified atom stereocenters.